The molecule has 1 aliphatic carbocycles. The highest BCUT2D eigenvalue weighted by molar-refractivity contribution is 5.37. The maximum absolute atomic E-state index is 12.3. The number of hydrogen-bond acceptors (Lipinski definition) is 3. The molecule has 0 atom stereocenters. The van der Waals surface area contributed by atoms with Crippen LogP contribution in [0.3, 0.4) is 0 Å². The van der Waals surface area contributed by atoms with Crippen molar-refractivity contribution in [2.45, 2.75) is 31.0 Å². The highest BCUT2D eigenvalue weighted by Crippen LogP contribution is 2.30. The molecule has 0 bridgehead atoms. The van der Waals surface area contributed by atoms with Crippen LogP contribution in [0.4, 0.5) is 19.0 Å². The van der Waals surface area contributed by atoms with Crippen LogP contribution in [0.5, 0.6) is 0 Å². The second-order valence-electron chi connectivity index (χ2n) is 4.50. The lowest BCUT2D eigenvalue weighted by Gasteiger charge is -2.38. The molecule has 0 radical (unpaired) electrons. The molecule has 0 amide bonds. The van der Waals surface area contributed by atoms with Crippen molar-refractivity contribution in [3.05, 3.63) is 23.9 Å². The third kappa shape index (κ3) is 2.88. The van der Waals surface area contributed by atoms with Crippen LogP contribution in [0.25, 0.3) is 0 Å². The topological polar surface area (TPSA) is 50.9 Å². The van der Waals surface area contributed by atoms with Crippen molar-refractivity contribution < 1.29 is 13.2 Å². The van der Waals surface area contributed by atoms with Gasteiger partial charge in [-0.05, 0) is 31.4 Å². The van der Waals surface area contributed by atoms with Gasteiger partial charge in [0.25, 0.3) is 0 Å². The summed E-state index contributed by atoms with van der Waals surface area (Å²) in [5.41, 5.74) is 5.02. The van der Waals surface area contributed by atoms with Gasteiger partial charge in [-0.3, -0.25) is 0 Å². The van der Waals surface area contributed by atoms with Gasteiger partial charge in [-0.15, -0.1) is 0 Å². The van der Waals surface area contributed by atoms with E-state index in [1.165, 1.54) is 6.07 Å². The first-order valence-electron chi connectivity index (χ1n) is 5.45. The normalized spacial score (nSPS) is 18.6. The van der Waals surface area contributed by atoms with E-state index in [9.17, 15) is 13.2 Å². The minimum absolute atomic E-state index is 0.218. The van der Waals surface area contributed by atoms with Crippen LogP contribution in [0, 0.1) is 0 Å². The SMILES string of the molecule is NC1(CNc2ccc(C(F)(F)F)cn2)CCC1. The Morgan fingerprint density at radius 2 is 2.06 bits per heavy atom. The Hall–Kier alpha value is -1.30. The van der Waals surface area contributed by atoms with Crippen molar-refractivity contribution in [3.8, 4) is 0 Å². The zero-order chi connectivity index (χ0) is 12.5. The van der Waals surface area contributed by atoms with Crippen LogP contribution in [0.15, 0.2) is 18.3 Å². The first-order chi connectivity index (χ1) is 7.89. The van der Waals surface area contributed by atoms with Crippen LogP contribution < -0.4 is 11.1 Å². The van der Waals surface area contributed by atoms with Crippen LogP contribution in [-0.4, -0.2) is 17.1 Å². The Morgan fingerprint density at radius 1 is 1.35 bits per heavy atom. The Morgan fingerprint density at radius 3 is 2.47 bits per heavy atom. The molecule has 1 aromatic rings. The number of alkyl halides is 3. The third-order valence-electron chi connectivity index (χ3n) is 3.06. The van der Waals surface area contributed by atoms with Gasteiger partial charge >= 0.3 is 6.18 Å². The molecule has 2 rings (SSSR count). The number of hydrogen-bond donors (Lipinski definition) is 2. The molecule has 1 aromatic heterocycles. The number of nitrogens with one attached hydrogen (secondary N) is 1. The van der Waals surface area contributed by atoms with E-state index in [-0.39, 0.29) is 5.54 Å². The van der Waals surface area contributed by atoms with E-state index in [2.05, 4.69) is 10.3 Å². The first-order valence-corrected chi connectivity index (χ1v) is 5.45. The number of pyridine rings is 1. The Bertz CT molecular complexity index is 382. The molecule has 0 unspecified atom stereocenters. The van der Waals surface area contributed by atoms with Gasteiger partial charge in [-0.2, -0.15) is 13.2 Å². The summed E-state index contributed by atoms with van der Waals surface area (Å²) in [5.74, 6) is 0.426. The molecular formula is C11H14F3N3. The predicted molar refractivity (Wildman–Crippen MR) is 58.5 cm³/mol. The van der Waals surface area contributed by atoms with E-state index in [1.807, 2.05) is 0 Å². The molecule has 0 aromatic carbocycles. The molecule has 0 aliphatic heterocycles. The maximum Gasteiger partial charge on any atom is 0.417 e. The fraction of sp³-hybridized carbons (Fsp3) is 0.545. The third-order valence-corrected chi connectivity index (χ3v) is 3.06. The van der Waals surface area contributed by atoms with E-state index < -0.39 is 11.7 Å². The standard InChI is InChI=1S/C11H14F3N3/c12-11(13,14)8-2-3-9(16-6-8)17-7-10(15)4-1-5-10/h2-3,6H,1,4-5,7,15H2,(H,16,17). The molecule has 1 heterocycles. The predicted octanol–water partition coefficient (Wildman–Crippen LogP) is 2.39. The van der Waals surface area contributed by atoms with Crippen molar-refractivity contribution in [3.63, 3.8) is 0 Å². The lowest BCUT2D eigenvalue weighted by Crippen LogP contribution is -2.52. The van der Waals surface area contributed by atoms with Gasteiger partial charge < -0.3 is 11.1 Å². The molecule has 6 heteroatoms. The van der Waals surface area contributed by atoms with E-state index >= 15 is 0 Å². The Kier molecular flexibility index (Phi) is 2.99. The summed E-state index contributed by atoms with van der Waals surface area (Å²) in [7, 11) is 0. The average Bonchev–Trinajstić information content (AvgIpc) is 2.23. The highest BCUT2D eigenvalue weighted by atomic mass is 19.4. The zero-order valence-electron chi connectivity index (χ0n) is 9.22. The smallest absolute Gasteiger partial charge is 0.368 e. The first kappa shape index (κ1) is 12.2. The summed E-state index contributed by atoms with van der Waals surface area (Å²) in [6.07, 6.45) is -0.513. The van der Waals surface area contributed by atoms with Crippen molar-refractivity contribution in [2.75, 3.05) is 11.9 Å². The van der Waals surface area contributed by atoms with Crippen molar-refractivity contribution >= 4 is 5.82 Å². The number of aromatic nitrogens is 1. The second kappa shape index (κ2) is 4.18. The summed E-state index contributed by atoms with van der Waals surface area (Å²) in [6, 6.07) is 2.34. The molecule has 1 saturated carbocycles. The van der Waals surface area contributed by atoms with Crippen molar-refractivity contribution in [1.82, 2.24) is 4.98 Å². The van der Waals surface area contributed by atoms with Gasteiger partial charge in [0.05, 0.1) is 5.56 Å². The summed E-state index contributed by atoms with van der Waals surface area (Å²) in [4.78, 5) is 3.72. The molecule has 1 aliphatic rings. The van der Waals surface area contributed by atoms with Gasteiger partial charge in [-0.1, -0.05) is 0 Å². The van der Waals surface area contributed by atoms with Crippen molar-refractivity contribution in [1.29, 1.82) is 0 Å². The average molecular weight is 245 g/mol. The van der Waals surface area contributed by atoms with Crippen LogP contribution in [-0.2, 0) is 6.18 Å². The molecule has 0 saturated heterocycles. The van der Waals surface area contributed by atoms with E-state index in [0.29, 0.717) is 12.4 Å². The Balaban J connectivity index is 1.94. The van der Waals surface area contributed by atoms with E-state index in [0.717, 1.165) is 31.5 Å². The fourth-order valence-corrected chi connectivity index (χ4v) is 1.74. The molecule has 17 heavy (non-hydrogen) atoms. The number of rotatable bonds is 3. The summed E-state index contributed by atoms with van der Waals surface area (Å²) < 4.78 is 36.8. The summed E-state index contributed by atoms with van der Waals surface area (Å²) in [6.45, 7) is 0.547. The summed E-state index contributed by atoms with van der Waals surface area (Å²) in [5, 5.41) is 2.96. The number of anilines is 1. The number of nitrogens with two attached hydrogens (primary N) is 1. The molecule has 3 nitrogen and oxygen atoms in total. The van der Waals surface area contributed by atoms with Gasteiger partial charge in [0.1, 0.15) is 5.82 Å². The van der Waals surface area contributed by atoms with Gasteiger partial charge in [0, 0.05) is 18.3 Å². The maximum atomic E-state index is 12.3. The molecule has 1 fully saturated rings. The lowest BCUT2D eigenvalue weighted by molar-refractivity contribution is -0.137. The lowest BCUT2D eigenvalue weighted by atomic mass is 9.78. The van der Waals surface area contributed by atoms with Crippen LogP contribution in [0.1, 0.15) is 24.8 Å². The molecule has 94 valence electrons. The second-order valence-corrected chi connectivity index (χ2v) is 4.50. The van der Waals surface area contributed by atoms with E-state index in [1.54, 1.807) is 0 Å². The number of halogens is 3. The minimum atomic E-state index is -4.34. The van der Waals surface area contributed by atoms with Gasteiger partial charge in [-0.25, -0.2) is 4.98 Å². The molecule has 3 N–H and O–H groups in total. The molecular weight excluding hydrogens is 231 g/mol. The van der Waals surface area contributed by atoms with Gasteiger partial charge in [0.2, 0.25) is 0 Å². The monoisotopic (exact) mass is 245 g/mol. The van der Waals surface area contributed by atoms with Crippen LogP contribution >= 0.6 is 0 Å². The van der Waals surface area contributed by atoms with Crippen molar-refractivity contribution in [2.24, 2.45) is 5.73 Å². The molecule has 0 spiro atoms. The largest absolute Gasteiger partial charge is 0.417 e. The minimum Gasteiger partial charge on any atom is -0.368 e. The van der Waals surface area contributed by atoms with E-state index in [4.69, 9.17) is 5.73 Å². The Labute approximate surface area is 97.2 Å². The number of nitrogens with zero attached hydrogens (tertiary/aromatic N) is 1. The highest BCUT2D eigenvalue weighted by Gasteiger charge is 2.33. The zero-order valence-corrected chi connectivity index (χ0v) is 9.22. The quantitative estimate of drug-likeness (QED) is 0.859. The summed E-state index contributed by atoms with van der Waals surface area (Å²) >= 11 is 0. The van der Waals surface area contributed by atoms with Gasteiger partial charge in [0.15, 0.2) is 0 Å². The van der Waals surface area contributed by atoms with Crippen LogP contribution in [0.2, 0.25) is 0 Å². The fourth-order valence-electron chi connectivity index (χ4n) is 1.74.